The van der Waals surface area contributed by atoms with Crippen molar-refractivity contribution in [3.05, 3.63) is 59.2 Å². The predicted octanol–water partition coefficient (Wildman–Crippen LogP) is 3.20. The number of anilines is 1. The number of carbonyl (C=O) groups excluding carboxylic acids is 2. The number of hydrogen-bond acceptors (Lipinski definition) is 3. The number of ether oxygens (including phenoxy) is 1. The number of nitrogens with one attached hydrogen (secondary N) is 1. The highest BCUT2D eigenvalue weighted by Gasteiger charge is 2.20. The molecule has 5 nitrogen and oxygen atoms in total. The number of aryl methyl sites for hydroxylation is 1. The zero-order chi connectivity index (χ0) is 17.7. The summed E-state index contributed by atoms with van der Waals surface area (Å²) in [4.78, 5) is 24.0. The second-order valence-corrected chi connectivity index (χ2v) is 5.61. The maximum Gasteiger partial charge on any atom is 0.265 e. The summed E-state index contributed by atoms with van der Waals surface area (Å²) in [5, 5.41) is 2.82. The Bertz CT molecular complexity index is 756. The molecule has 126 valence electrons. The van der Waals surface area contributed by atoms with Crippen LogP contribution in [0.15, 0.2) is 42.5 Å². The Kier molecular flexibility index (Phi) is 5.58. The van der Waals surface area contributed by atoms with E-state index in [0.717, 1.165) is 5.56 Å². The normalized spacial score (nSPS) is 11.6. The van der Waals surface area contributed by atoms with E-state index in [1.165, 1.54) is 0 Å². The van der Waals surface area contributed by atoms with E-state index in [0.29, 0.717) is 29.0 Å². The summed E-state index contributed by atoms with van der Waals surface area (Å²) in [7, 11) is 0. The molecule has 5 heteroatoms. The molecule has 0 radical (unpaired) electrons. The topological polar surface area (TPSA) is 81.4 Å². The van der Waals surface area contributed by atoms with Crippen LogP contribution in [-0.4, -0.2) is 17.9 Å². The molecule has 2 aromatic rings. The Morgan fingerprint density at radius 2 is 1.83 bits per heavy atom. The maximum atomic E-state index is 12.5. The lowest BCUT2D eigenvalue weighted by Gasteiger charge is -2.19. The molecule has 0 aliphatic heterocycles. The van der Waals surface area contributed by atoms with Gasteiger partial charge in [-0.25, -0.2) is 0 Å². The first-order chi connectivity index (χ1) is 11.4. The fraction of sp³-hybridized carbons (Fsp3) is 0.263. The lowest BCUT2D eigenvalue weighted by molar-refractivity contribution is -0.122. The molecular formula is C19H22N2O3. The summed E-state index contributed by atoms with van der Waals surface area (Å²) < 4.78 is 5.84. The van der Waals surface area contributed by atoms with Gasteiger partial charge >= 0.3 is 0 Å². The van der Waals surface area contributed by atoms with E-state index in [1.807, 2.05) is 38.1 Å². The Balaban J connectivity index is 2.17. The summed E-state index contributed by atoms with van der Waals surface area (Å²) in [6.45, 7) is 5.56. The van der Waals surface area contributed by atoms with E-state index in [4.69, 9.17) is 10.5 Å². The maximum absolute atomic E-state index is 12.5. The molecule has 0 saturated heterocycles. The Hall–Kier alpha value is -2.82. The highest BCUT2D eigenvalue weighted by Crippen LogP contribution is 2.22. The second-order valence-electron chi connectivity index (χ2n) is 5.61. The summed E-state index contributed by atoms with van der Waals surface area (Å²) in [6, 6.07) is 12.6. The standard InChI is InChI=1S/C19H22N2O3/c1-4-16(24-17-11-6-5-8-12(17)2)19(23)21-15-10-7-9-14(13(15)3)18(20)22/h5-11,16H,4H2,1-3H3,(H2,20,22)(H,21,23). The molecule has 0 saturated carbocycles. The largest absolute Gasteiger partial charge is 0.480 e. The minimum atomic E-state index is -0.622. The molecule has 2 rings (SSSR count). The Morgan fingerprint density at radius 3 is 2.46 bits per heavy atom. The van der Waals surface area contributed by atoms with Gasteiger partial charge < -0.3 is 15.8 Å². The van der Waals surface area contributed by atoms with Crippen molar-refractivity contribution in [3.8, 4) is 5.75 Å². The van der Waals surface area contributed by atoms with Gasteiger partial charge in [0.1, 0.15) is 5.75 Å². The molecule has 3 N–H and O–H groups in total. The van der Waals surface area contributed by atoms with Crippen molar-refractivity contribution in [2.24, 2.45) is 5.73 Å². The average molecular weight is 326 g/mol. The lowest BCUT2D eigenvalue weighted by atomic mass is 10.1. The number of benzene rings is 2. The van der Waals surface area contributed by atoms with Crippen LogP contribution in [0.4, 0.5) is 5.69 Å². The molecule has 1 unspecified atom stereocenters. The first kappa shape index (κ1) is 17.5. The molecule has 0 fully saturated rings. The van der Waals surface area contributed by atoms with Crippen LogP contribution in [0.2, 0.25) is 0 Å². The van der Waals surface area contributed by atoms with E-state index in [-0.39, 0.29) is 5.91 Å². The van der Waals surface area contributed by atoms with Crippen LogP contribution in [0.1, 0.15) is 34.8 Å². The molecule has 2 aromatic carbocycles. The number of rotatable bonds is 6. The van der Waals surface area contributed by atoms with Crippen molar-refractivity contribution in [2.75, 3.05) is 5.32 Å². The zero-order valence-electron chi connectivity index (χ0n) is 14.1. The number of amides is 2. The third kappa shape index (κ3) is 3.93. The summed E-state index contributed by atoms with van der Waals surface area (Å²) >= 11 is 0. The minimum absolute atomic E-state index is 0.259. The van der Waals surface area contributed by atoms with Crippen LogP contribution < -0.4 is 15.8 Å². The quantitative estimate of drug-likeness (QED) is 0.855. The fourth-order valence-corrected chi connectivity index (χ4v) is 2.42. The van der Waals surface area contributed by atoms with Crippen LogP contribution in [0.3, 0.4) is 0 Å². The van der Waals surface area contributed by atoms with Gasteiger partial charge in [0.15, 0.2) is 6.10 Å². The summed E-state index contributed by atoms with van der Waals surface area (Å²) in [5.41, 5.74) is 7.90. The van der Waals surface area contributed by atoms with E-state index in [2.05, 4.69) is 5.32 Å². The van der Waals surface area contributed by atoms with Gasteiger partial charge in [-0.1, -0.05) is 31.2 Å². The number of para-hydroxylation sites is 1. The molecule has 0 heterocycles. The Labute approximate surface area is 141 Å². The fourth-order valence-electron chi connectivity index (χ4n) is 2.42. The third-order valence-electron chi connectivity index (χ3n) is 3.88. The monoisotopic (exact) mass is 326 g/mol. The molecule has 0 spiro atoms. The first-order valence-electron chi connectivity index (χ1n) is 7.86. The summed E-state index contributed by atoms with van der Waals surface area (Å²) in [6.07, 6.45) is -0.0999. The zero-order valence-corrected chi connectivity index (χ0v) is 14.1. The number of hydrogen-bond donors (Lipinski definition) is 2. The van der Waals surface area contributed by atoms with Gasteiger partial charge in [0.25, 0.3) is 5.91 Å². The third-order valence-corrected chi connectivity index (χ3v) is 3.88. The van der Waals surface area contributed by atoms with Gasteiger partial charge in [-0.05, 0) is 49.6 Å². The van der Waals surface area contributed by atoms with E-state index in [1.54, 1.807) is 25.1 Å². The highest BCUT2D eigenvalue weighted by molar-refractivity contribution is 5.99. The smallest absolute Gasteiger partial charge is 0.265 e. The molecule has 24 heavy (non-hydrogen) atoms. The highest BCUT2D eigenvalue weighted by atomic mass is 16.5. The van der Waals surface area contributed by atoms with Crippen molar-refractivity contribution >= 4 is 17.5 Å². The van der Waals surface area contributed by atoms with Crippen molar-refractivity contribution in [1.29, 1.82) is 0 Å². The van der Waals surface area contributed by atoms with Gasteiger partial charge in [0.2, 0.25) is 5.91 Å². The van der Waals surface area contributed by atoms with Gasteiger partial charge in [0, 0.05) is 11.3 Å². The number of carbonyl (C=O) groups is 2. The van der Waals surface area contributed by atoms with Crippen LogP contribution in [-0.2, 0) is 4.79 Å². The average Bonchev–Trinajstić information content (AvgIpc) is 2.55. The summed E-state index contributed by atoms with van der Waals surface area (Å²) in [5.74, 6) is -0.0978. The Morgan fingerprint density at radius 1 is 1.12 bits per heavy atom. The van der Waals surface area contributed by atoms with Gasteiger partial charge in [-0.2, -0.15) is 0 Å². The number of primary amides is 1. The molecule has 1 atom stereocenters. The van der Waals surface area contributed by atoms with Crippen molar-refractivity contribution in [3.63, 3.8) is 0 Å². The van der Waals surface area contributed by atoms with Crippen molar-refractivity contribution < 1.29 is 14.3 Å². The van der Waals surface area contributed by atoms with E-state index >= 15 is 0 Å². The molecule has 0 bridgehead atoms. The molecule has 0 aliphatic rings. The van der Waals surface area contributed by atoms with Crippen LogP contribution >= 0.6 is 0 Å². The SMILES string of the molecule is CCC(Oc1ccccc1C)C(=O)Nc1cccc(C(N)=O)c1C. The van der Waals surface area contributed by atoms with Crippen LogP contribution in [0.5, 0.6) is 5.75 Å². The van der Waals surface area contributed by atoms with Crippen molar-refractivity contribution in [2.45, 2.75) is 33.3 Å². The van der Waals surface area contributed by atoms with Crippen molar-refractivity contribution in [1.82, 2.24) is 0 Å². The van der Waals surface area contributed by atoms with Crippen LogP contribution in [0, 0.1) is 13.8 Å². The molecule has 0 aliphatic carbocycles. The molecule has 2 amide bonds. The van der Waals surface area contributed by atoms with E-state index < -0.39 is 12.0 Å². The predicted molar refractivity (Wildman–Crippen MR) is 94.2 cm³/mol. The van der Waals surface area contributed by atoms with Gasteiger partial charge in [-0.3, -0.25) is 9.59 Å². The second kappa shape index (κ2) is 7.64. The lowest BCUT2D eigenvalue weighted by Crippen LogP contribution is -2.33. The first-order valence-corrected chi connectivity index (χ1v) is 7.86. The minimum Gasteiger partial charge on any atom is -0.480 e. The van der Waals surface area contributed by atoms with E-state index in [9.17, 15) is 9.59 Å². The molecule has 0 aromatic heterocycles. The van der Waals surface area contributed by atoms with Crippen LogP contribution in [0.25, 0.3) is 0 Å². The molecular weight excluding hydrogens is 304 g/mol. The van der Waals surface area contributed by atoms with Gasteiger partial charge in [0.05, 0.1) is 0 Å². The van der Waals surface area contributed by atoms with Gasteiger partial charge in [-0.15, -0.1) is 0 Å². The number of nitrogens with two attached hydrogens (primary N) is 1.